The van der Waals surface area contributed by atoms with Gasteiger partial charge in [0, 0.05) is 5.56 Å². The second-order valence-corrected chi connectivity index (χ2v) is 6.24. The molecule has 0 aliphatic carbocycles. The third kappa shape index (κ3) is 4.63. The van der Waals surface area contributed by atoms with Crippen molar-refractivity contribution in [2.24, 2.45) is 21.5 Å². The number of amides is 1. The molecule has 3 aromatic rings. The zero-order valence-corrected chi connectivity index (χ0v) is 16.5. The van der Waals surface area contributed by atoms with E-state index in [1.165, 1.54) is 37.3 Å². The van der Waals surface area contributed by atoms with Crippen LogP contribution >= 0.6 is 0 Å². The molecule has 162 valence electrons. The number of carbonyl (C=O) groups excluding carboxylic acids is 1. The fourth-order valence-corrected chi connectivity index (χ4v) is 2.86. The molecule has 0 unspecified atom stereocenters. The smallest absolute Gasteiger partial charge is 0.417 e. The van der Waals surface area contributed by atoms with Crippen molar-refractivity contribution in [2.75, 3.05) is 6.61 Å². The van der Waals surface area contributed by atoms with Gasteiger partial charge in [0.2, 0.25) is 5.96 Å². The maximum atomic E-state index is 13.4. The van der Waals surface area contributed by atoms with Gasteiger partial charge in [0.15, 0.2) is 11.3 Å². The highest BCUT2D eigenvalue weighted by molar-refractivity contribution is 6.04. The molecule has 3 rings (SSSR count). The van der Waals surface area contributed by atoms with Crippen LogP contribution < -0.4 is 11.5 Å². The monoisotopic (exact) mass is 433 g/mol. The van der Waals surface area contributed by atoms with Crippen LogP contribution in [0, 0.1) is 6.92 Å². The van der Waals surface area contributed by atoms with Crippen LogP contribution in [0.2, 0.25) is 0 Å². The van der Waals surface area contributed by atoms with E-state index in [0.717, 1.165) is 10.6 Å². The number of amidine groups is 1. The Labute approximate surface area is 174 Å². The second-order valence-electron chi connectivity index (χ2n) is 6.24. The van der Waals surface area contributed by atoms with Gasteiger partial charge in [-0.2, -0.15) is 28.3 Å². The van der Waals surface area contributed by atoms with Crippen molar-refractivity contribution in [1.29, 1.82) is 0 Å². The zero-order valence-electron chi connectivity index (χ0n) is 16.5. The van der Waals surface area contributed by atoms with Crippen molar-refractivity contribution >= 4 is 23.5 Å². The number of aromatic nitrogens is 3. The lowest BCUT2D eigenvalue weighted by Crippen LogP contribution is -2.22. The summed E-state index contributed by atoms with van der Waals surface area (Å²) in [7, 11) is 0. The highest BCUT2D eigenvalue weighted by Crippen LogP contribution is 2.36. The summed E-state index contributed by atoms with van der Waals surface area (Å²) in [6, 6.07) is 7.58. The highest BCUT2D eigenvalue weighted by Gasteiger charge is 2.33. The van der Waals surface area contributed by atoms with Crippen LogP contribution in [-0.2, 0) is 10.9 Å². The first-order chi connectivity index (χ1) is 14.6. The number of aliphatic imine (C=N–C) groups is 2. The molecular weight excluding hydrogens is 415 g/mol. The van der Waals surface area contributed by atoms with E-state index in [1.807, 2.05) is 0 Å². The second kappa shape index (κ2) is 8.42. The first kappa shape index (κ1) is 21.7. The number of aryl methyl sites for hydroxylation is 1. The fraction of sp³-hybridized carbons (Fsp3) is 0.211. The maximum Gasteiger partial charge on any atom is 0.417 e. The van der Waals surface area contributed by atoms with Gasteiger partial charge in [0.05, 0.1) is 23.6 Å². The van der Waals surface area contributed by atoms with Gasteiger partial charge in [-0.1, -0.05) is 18.2 Å². The zero-order chi connectivity index (χ0) is 22.8. The third-order valence-corrected chi connectivity index (χ3v) is 4.10. The molecule has 0 saturated carbocycles. The molecule has 0 aliphatic heterocycles. The van der Waals surface area contributed by atoms with Crippen LogP contribution in [0.5, 0.6) is 0 Å². The molecule has 1 amide bonds. The standard InChI is InChI=1S/C19H18F3N7O2/c1-3-31-18(24)27-17(23)26-16(30)15-10(2)25-14-9-8-13(28-29(14)15)11-6-4-5-7-12(11)19(20,21)22/h4-9H,3H2,1-2H3,(H4,23,24,26,27,30). The Hall–Kier alpha value is -3.96. The molecule has 0 atom stereocenters. The van der Waals surface area contributed by atoms with E-state index in [-0.39, 0.29) is 40.9 Å². The Morgan fingerprint density at radius 1 is 1.16 bits per heavy atom. The summed E-state index contributed by atoms with van der Waals surface area (Å²) < 4.78 is 46.2. The number of nitrogens with two attached hydrogens (primary N) is 2. The quantitative estimate of drug-likeness (QED) is 0.482. The minimum absolute atomic E-state index is 0.00226. The number of fused-ring (bicyclic) bond motifs is 1. The molecule has 0 fully saturated rings. The van der Waals surface area contributed by atoms with E-state index < -0.39 is 23.6 Å². The van der Waals surface area contributed by atoms with Crippen LogP contribution in [0.3, 0.4) is 0 Å². The van der Waals surface area contributed by atoms with Gasteiger partial charge < -0.3 is 16.2 Å². The van der Waals surface area contributed by atoms with E-state index in [0.29, 0.717) is 0 Å². The predicted octanol–water partition coefficient (Wildman–Crippen LogP) is 2.53. The molecule has 1 aromatic carbocycles. The van der Waals surface area contributed by atoms with Crippen LogP contribution in [0.15, 0.2) is 46.4 Å². The Morgan fingerprint density at radius 3 is 2.55 bits per heavy atom. The van der Waals surface area contributed by atoms with E-state index in [2.05, 4.69) is 20.1 Å². The van der Waals surface area contributed by atoms with E-state index in [1.54, 1.807) is 6.92 Å². The summed E-state index contributed by atoms with van der Waals surface area (Å²) in [5.41, 5.74) is 10.5. The first-order valence-electron chi connectivity index (χ1n) is 9.00. The van der Waals surface area contributed by atoms with Crippen LogP contribution in [0.1, 0.15) is 28.7 Å². The summed E-state index contributed by atoms with van der Waals surface area (Å²) in [6.45, 7) is 3.46. The lowest BCUT2D eigenvalue weighted by atomic mass is 10.0. The number of guanidine groups is 1. The first-order valence-corrected chi connectivity index (χ1v) is 9.00. The number of halogens is 3. The number of nitrogens with zero attached hydrogens (tertiary/aromatic N) is 5. The Balaban J connectivity index is 2.09. The average molecular weight is 433 g/mol. The lowest BCUT2D eigenvalue weighted by Gasteiger charge is -2.12. The van der Waals surface area contributed by atoms with E-state index >= 15 is 0 Å². The van der Waals surface area contributed by atoms with Gasteiger partial charge in [0.25, 0.3) is 6.02 Å². The third-order valence-electron chi connectivity index (χ3n) is 4.10. The molecule has 2 heterocycles. The van der Waals surface area contributed by atoms with Crippen molar-refractivity contribution in [2.45, 2.75) is 20.0 Å². The van der Waals surface area contributed by atoms with E-state index in [4.69, 9.17) is 16.2 Å². The predicted molar refractivity (Wildman–Crippen MR) is 107 cm³/mol. The minimum atomic E-state index is -4.58. The minimum Gasteiger partial charge on any atom is -0.465 e. The number of imidazole rings is 1. The van der Waals surface area contributed by atoms with Crippen molar-refractivity contribution in [3.05, 3.63) is 53.3 Å². The molecule has 31 heavy (non-hydrogen) atoms. The van der Waals surface area contributed by atoms with Gasteiger partial charge >= 0.3 is 12.1 Å². The van der Waals surface area contributed by atoms with Crippen molar-refractivity contribution < 1.29 is 22.7 Å². The lowest BCUT2D eigenvalue weighted by molar-refractivity contribution is -0.137. The Morgan fingerprint density at radius 2 is 1.87 bits per heavy atom. The molecule has 0 saturated heterocycles. The van der Waals surface area contributed by atoms with Crippen molar-refractivity contribution in [1.82, 2.24) is 14.6 Å². The van der Waals surface area contributed by atoms with Gasteiger partial charge in [-0.3, -0.25) is 4.79 Å². The fourth-order valence-electron chi connectivity index (χ4n) is 2.86. The largest absolute Gasteiger partial charge is 0.465 e. The molecule has 0 radical (unpaired) electrons. The number of hydrogen-bond acceptors (Lipinski definition) is 4. The summed E-state index contributed by atoms with van der Waals surface area (Å²) >= 11 is 0. The molecular formula is C19H18F3N7O2. The normalized spacial score (nSPS) is 12.9. The summed E-state index contributed by atoms with van der Waals surface area (Å²) in [5.74, 6) is -1.30. The molecule has 0 bridgehead atoms. The Bertz CT molecular complexity index is 1200. The number of rotatable bonds is 3. The SMILES string of the molecule is CCO/C(N)=N/C(N)=NC(=O)c1c(C)nc2ccc(-c3ccccc3C(F)(F)F)nn12. The highest BCUT2D eigenvalue weighted by atomic mass is 19.4. The summed E-state index contributed by atoms with van der Waals surface area (Å²) in [4.78, 5) is 24.1. The van der Waals surface area contributed by atoms with Gasteiger partial charge in [-0.15, -0.1) is 0 Å². The topological polar surface area (TPSA) is 133 Å². The summed E-state index contributed by atoms with van der Waals surface area (Å²) in [6.07, 6.45) is -4.58. The number of hydrogen-bond donors (Lipinski definition) is 2. The van der Waals surface area contributed by atoms with Gasteiger partial charge in [-0.25, -0.2) is 9.50 Å². The number of ether oxygens (including phenoxy) is 1. The summed E-state index contributed by atoms with van der Waals surface area (Å²) in [5, 5.41) is 4.20. The number of carbonyl (C=O) groups is 1. The molecule has 0 spiro atoms. The molecule has 12 heteroatoms. The van der Waals surface area contributed by atoms with Crippen LogP contribution in [0.4, 0.5) is 13.2 Å². The number of benzene rings is 1. The van der Waals surface area contributed by atoms with Gasteiger partial charge in [-0.05, 0) is 32.0 Å². The maximum absolute atomic E-state index is 13.4. The average Bonchev–Trinajstić information content (AvgIpc) is 3.02. The van der Waals surface area contributed by atoms with Crippen molar-refractivity contribution in [3.8, 4) is 11.3 Å². The van der Waals surface area contributed by atoms with Crippen molar-refractivity contribution in [3.63, 3.8) is 0 Å². The van der Waals surface area contributed by atoms with Crippen LogP contribution in [0.25, 0.3) is 16.9 Å². The molecule has 2 aromatic heterocycles. The molecule has 4 N–H and O–H groups in total. The molecule has 0 aliphatic rings. The van der Waals surface area contributed by atoms with E-state index in [9.17, 15) is 18.0 Å². The Kier molecular flexibility index (Phi) is 5.90. The van der Waals surface area contributed by atoms with Crippen LogP contribution in [-0.4, -0.2) is 39.1 Å². The molecule has 9 nitrogen and oxygen atoms in total. The van der Waals surface area contributed by atoms with Gasteiger partial charge in [0.1, 0.15) is 0 Å². The number of alkyl halides is 3.